The van der Waals surface area contributed by atoms with Crippen molar-refractivity contribution in [1.82, 2.24) is 4.90 Å². The van der Waals surface area contributed by atoms with Gasteiger partial charge in [-0.3, -0.25) is 4.79 Å². The van der Waals surface area contributed by atoms with Gasteiger partial charge < -0.3 is 5.11 Å². The average Bonchev–Trinajstić information content (AvgIpc) is 2.65. The predicted molar refractivity (Wildman–Crippen MR) is 53.4 cm³/mol. The molecular weight excluding hydrogens is 251 g/mol. The van der Waals surface area contributed by atoms with Crippen molar-refractivity contribution in [1.29, 1.82) is 0 Å². The maximum Gasteiger partial charge on any atom is 0.414 e. The quantitative estimate of drug-likeness (QED) is 0.786. The number of amides is 2. The predicted octanol–water partition coefficient (Wildman–Crippen LogP) is 2.10. The third-order valence-corrected chi connectivity index (χ3v) is 2.82. The van der Waals surface area contributed by atoms with Crippen molar-refractivity contribution in [3.05, 3.63) is 35.1 Å². The monoisotopic (exact) mass is 259 g/mol. The van der Waals surface area contributed by atoms with Gasteiger partial charge in [0, 0.05) is 24.9 Å². The van der Waals surface area contributed by atoms with Crippen molar-refractivity contribution >= 4 is 12.0 Å². The number of imide groups is 1. The Kier molecular flexibility index (Phi) is 2.98. The van der Waals surface area contributed by atoms with Gasteiger partial charge in [-0.25, -0.2) is 22.9 Å². The van der Waals surface area contributed by atoms with Crippen molar-refractivity contribution in [2.45, 2.75) is 12.3 Å². The summed E-state index contributed by atoms with van der Waals surface area (Å²) in [5.41, 5.74) is -0.315. The molecule has 1 atom stereocenters. The lowest BCUT2D eigenvalue weighted by molar-refractivity contribution is -0.125. The van der Waals surface area contributed by atoms with Gasteiger partial charge in [-0.1, -0.05) is 0 Å². The van der Waals surface area contributed by atoms with Gasteiger partial charge in [0.25, 0.3) is 0 Å². The molecule has 1 aromatic rings. The first-order valence-corrected chi connectivity index (χ1v) is 5.08. The SMILES string of the molecule is O=C(O)N1C[C@@H](c2cc(F)cc(F)c2F)CC1=O. The molecule has 18 heavy (non-hydrogen) atoms. The number of carboxylic acid groups (broad SMARTS) is 1. The third kappa shape index (κ3) is 2.03. The maximum atomic E-state index is 13.5. The van der Waals surface area contributed by atoms with Crippen molar-refractivity contribution in [3.8, 4) is 0 Å². The number of rotatable bonds is 1. The van der Waals surface area contributed by atoms with E-state index in [1.807, 2.05) is 0 Å². The molecule has 0 unspecified atom stereocenters. The zero-order valence-electron chi connectivity index (χ0n) is 8.99. The van der Waals surface area contributed by atoms with Crippen molar-refractivity contribution in [2.24, 2.45) is 0 Å². The topological polar surface area (TPSA) is 57.6 Å². The summed E-state index contributed by atoms with van der Waals surface area (Å²) in [7, 11) is 0. The standard InChI is InChI=1S/C11H8F3NO3/c12-6-2-7(10(14)8(13)3-6)5-1-9(16)15(4-5)11(17)18/h2-3,5H,1,4H2,(H,17,18)/t5-/m0/s1. The highest BCUT2D eigenvalue weighted by Gasteiger charge is 2.36. The van der Waals surface area contributed by atoms with Gasteiger partial charge in [0.15, 0.2) is 11.6 Å². The van der Waals surface area contributed by atoms with E-state index >= 15 is 0 Å². The summed E-state index contributed by atoms with van der Waals surface area (Å²) < 4.78 is 39.5. The molecule has 0 radical (unpaired) electrons. The number of carbonyl (C=O) groups excluding carboxylic acids is 1. The first kappa shape index (κ1) is 12.4. The van der Waals surface area contributed by atoms with Crippen molar-refractivity contribution < 1.29 is 27.9 Å². The molecule has 2 rings (SSSR count). The van der Waals surface area contributed by atoms with Crippen LogP contribution in [-0.2, 0) is 4.79 Å². The number of carbonyl (C=O) groups is 2. The van der Waals surface area contributed by atoms with E-state index in [1.165, 1.54) is 0 Å². The fraction of sp³-hybridized carbons (Fsp3) is 0.273. The fourth-order valence-corrected chi connectivity index (χ4v) is 1.97. The molecule has 1 saturated heterocycles. The van der Waals surface area contributed by atoms with Gasteiger partial charge >= 0.3 is 6.09 Å². The molecule has 1 heterocycles. The molecule has 0 saturated carbocycles. The molecule has 0 spiro atoms. The normalized spacial score (nSPS) is 19.4. The van der Waals surface area contributed by atoms with Gasteiger partial charge in [0.05, 0.1) is 0 Å². The minimum absolute atomic E-state index is 0.286. The molecule has 2 amide bonds. The van der Waals surface area contributed by atoms with Crippen molar-refractivity contribution in [3.63, 3.8) is 0 Å². The van der Waals surface area contributed by atoms with Gasteiger partial charge in [-0.2, -0.15) is 0 Å². The number of likely N-dealkylation sites (tertiary alicyclic amines) is 1. The molecule has 4 nitrogen and oxygen atoms in total. The van der Waals surface area contributed by atoms with Gasteiger partial charge in [0.2, 0.25) is 5.91 Å². The number of halogens is 3. The summed E-state index contributed by atoms with van der Waals surface area (Å²) in [6.45, 7) is -0.298. The summed E-state index contributed by atoms with van der Waals surface area (Å²) in [6.07, 6.45) is -1.74. The van der Waals surface area contributed by atoms with E-state index in [2.05, 4.69) is 0 Å². The number of nitrogens with zero attached hydrogens (tertiary/aromatic N) is 1. The van der Waals surface area contributed by atoms with E-state index < -0.39 is 35.4 Å². The van der Waals surface area contributed by atoms with Crippen LogP contribution in [-0.4, -0.2) is 28.6 Å². The molecular formula is C11H8F3NO3. The van der Waals surface area contributed by atoms with Crippen LogP contribution in [0.2, 0.25) is 0 Å². The molecule has 1 aromatic carbocycles. The third-order valence-electron chi connectivity index (χ3n) is 2.82. The van der Waals surface area contributed by atoms with E-state index in [0.717, 1.165) is 6.07 Å². The van der Waals surface area contributed by atoms with Gasteiger partial charge in [-0.05, 0) is 11.6 Å². The molecule has 1 N–H and O–H groups in total. The van der Waals surface area contributed by atoms with E-state index in [1.54, 1.807) is 0 Å². The lowest BCUT2D eigenvalue weighted by atomic mass is 9.97. The summed E-state index contributed by atoms with van der Waals surface area (Å²) in [4.78, 5) is 22.5. The molecule has 7 heteroatoms. The molecule has 1 fully saturated rings. The Hall–Kier alpha value is -2.05. The summed E-state index contributed by atoms with van der Waals surface area (Å²) in [6, 6.07) is 1.17. The average molecular weight is 259 g/mol. The van der Waals surface area contributed by atoms with Crippen LogP contribution in [0, 0.1) is 17.5 Å². The van der Waals surface area contributed by atoms with Gasteiger partial charge in [0.1, 0.15) is 5.82 Å². The second kappa shape index (κ2) is 4.32. The van der Waals surface area contributed by atoms with Crippen LogP contribution in [0.1, 0.15) is 17.9 Å². The Balaban J connectivity index is 2.35. The highest BCUT2D eigenvalue weighted by Crippen LogP contribution is 2.31. The van der Waals surface area contributed by atoms with Gasteiger partial charge in [-0.15, -0.1) is 0 Å². The largest absolute Gasteiger partial charge is 0.465 e. The smallest absolute Gasteiger partial charge is 0.414 e. The fourth-order valence-electron chi connectivity index (χ4n) is 1.97. The Morgan fingerprint density at radius 1 is 1.33 bits per heavy atom. The summed E-state index contributed by atoms with van der Waals surface area (Å²) in [5.74, 6) is -5.15. The molecule has 96 valence electrons. The maximum absolute atomic E-state index is 13.5. The van der Waals surface area contributed by atoms with Crippen LogP contribution in [0.5, 0.6) is 0 Å². The Morgan fingerprint density at radius 3 is 2.56 bits per heavy atom. The molecule has 0 bridgehead atoms. The zero-order valence-corrected chi connectivity index (χ0v) is 8.99. The minimum Gasteiger partial charge on any atom is -0.465 e. The van der Waals surface area contributed by atoms with E-state index in [-0.39, 0.29) is 18.5 Å². The second-order valence-corrected chi connectivity index (χ2v) is 3.98. The van der Waals surface area contributed by atoms with E-state index in [4.69, 9.17) is 5.11 Å². The van der Waals surface area contributed by atoms with Crippen LogP contribution >= 0.6 is 0 Å². The molecule has 1 aliphatic heterocycles. The van der Waals surface area contributed by atoms with Crippen LogP contribution in [0.25, 0.3) is 0 Å². The van der Waals surface area contributed by atoms with Crippen molar-refractivity contribution in [2.75, 3.05) is 6.54 Å². The number of hydrogen-bond acceptors (Lipinski definition) is 2. The first-order valence-electron chi connectivity index (χ1n) is 5.08. The molecule has 0 aliphatic carbocycles. The second-order valence-electron chi connectivity index (χ2n) is 3.98. The lowest BCUT2D eigenvalue weighted by Gasteiger charge is -2.12. The Bertz CT molecular complexity index is 533. The number of hydrogen-bond donors (Lipinski definition) is 1. The molecule has 1 aliphatic rings. The van der Waals surface area contributed by atoms with E-state index in [9.17, 15) is 22.8 Å². The van der Waals surface area contributed by atoms with Crippen LogP contribution in [0.4, 0.5) is 18.0 Å². The van der Waals surface area contributed by atoms with Crippen LogP contribution in [0.3, 0.4) is 0 Å². The highest BCUT2D eigenvalue weighted by molar-refractivity contribution is 5.93. The Morgan fingerprint density at radius 2 is 2.00 bits per heavy atom. The Labute approximate surface area is 99.6 Å². The zero-order chi connectivity index (χ0) is 13.4. The summed E-state index contributed by atoms with van der Waals surface area (Å²) in [5, 5.41) is 8.69. The van der Waals surface area contributed by atoms with E-state index in [0.29, 0.717) is 11.0 Å². The first-order chi connectivity index (χ1) is 8.40. The highest BCUT2D eigenvalue weighted by atomic mass is 19.2. The number of benzene rings is 1. The lowest BCUT2D eigenvalue weighted by Crippen LogP contribution is -2.30. The summed E-state index contributed by atoms with van der Waals surface area (Å²) >= 11 is 0. The van der Waals surface area contributed by atoms with Crippen LogP contribution < -0.4 is 0 Å². The minimum atomic E-state index is -1.46. The van der Waals surface area contributed by atoms with Crippen LogP contribution in [0.15, 0.2) is 12.1 Å². The molecule has 0 aromatic heterocycles.